The first-order chi connectivity index (χ1) is 12.7. The van der Waals surface area contributed by atoms with E-state index in [2.05, 4.69) is 21.2 Å². The van der Waals surface area contributed by atoms with Crippen LogP contribution in [0.2, 0.25) is 0 Å². The Hall–Kier alpha value is -2.36. The summed E-state index contributed by atoms with van der Waals surface area (Å²) < 4.78 is 42.5. The molecule has 1 aromatic rings. The van der Waals surface area contributed by atoms with Gasteiger partial charge in [-0.2, -0.15) is 13.2 Å². The highest BCUT2D eigenvalue weighted by atomic mass is 79.9. The maximum absolute atomic E-state index is 12.2. The van der Waals surface area contributed by atoms with Gasteiger partial charge in [0.1, 0.15) is 6.04 Å². The van der Waals surface area contributed by atoms with E-state index in [9.17, 15) is 27.6 Å². The first-order valence-electron chi connectivity index (χ1n) is 7.94. The summed E-state index contributed by atoms with van der Waals surface area (Å²) in [7, 11) is 0. The molecule has 0 aliphatic carbocycles. The molecule has 1 aromatic carbocycles. The van der Waals surface area contributed by atoms with E-state index in [-0.39, 0.29) is 0 Å². The molecule has 1 aliphatic heterocycles. The van der Waals surface area contributed by atoms with Crippen LogP contribution in [-0.2, 0) is 19.1 Å². The minimum Gasteiger partial charge on any atom is -0.454 e. The molecule has 1 aliphatic rings. The number of nitrogens with zero attached hydrogens (tertiary/aromatic N) is 1. The fourth-order valence-corrected chi connectivity index (χ4v) is 2.71. The molecule has 0 saturated carbocycles. The van der Waals surface area contributed by atoms with Crippen LogP contribution in [0.5, 0.6) is 0 Å². The van der Waals surface area contributed by atoms with Crippen molar-refractivity contribution in [1.82, 2.24) is 4.90 Å². The average molecular weight is 449 g/mol. The molecule has 10 heteroatoms. The lowest BCUT2D eigenvalue weighted by Gasteiger charge is -2.21. The first-order valence-corrected chi connectivity index (χ1v) is 8.73. The standard InChI is InChI=1S/C17H16BrF3N2O4/c18-11-3-5-12(6-4-11)22-15(25)10-27-16(26)13-2-1-8-23(13)9-7-14(24)17(19,20)21/h3-7,9,13H,1-2,8,10H2,(H,22,25)/b9-7+/t13-/m1/s1. The van der Waals surface area contributed by atoms with E-state index in [1.807, 2.05) is 0 Å². The second-order valence-corrected chi connectivity index (χ2v) is 6.65. The lowest BCUT2D eigenvalue weighted by Crippen LogP contribution is -2.35. The van der Waals surface area contributed by atoms with E-state index in [0.717, 1.165) is 10.7 Å². The van der Waals surface area contributed by atoms with Crippen molar-refractivity contribution in [3.63, 3.8) is 0 Å². The Bertz CT molecular complexity index is 735. The van der Waals surface area contributed by atoms with Gasteiger partial charge in [0, 0.05) is 29.0 Å². The number of anilines is 1. The number of nitrogens with one attached hydrogen (secondary N) is 1. The molecule has 0 unspecified atom stereocenters. The molecule has 27 heavy (non-hydrogen) atoms. The molecule has 146 valence electrons. The Balaban J connectivity index is 1.85. The van der Waals surface area contributed by atoms with Gasteiger partial charge in [-0.1, -0.05) is 15.9 Å². The van der Waals surface area contributed by atoms with Crippen molar-refractivity contribution in [2.45, 2.75) is 25.1 Å². The van der Waals surface area contributed by atoms with Crippen LogP contribution < -0.4 is 5.32 Å². The molecular weight excluding hydrogens is 433 g/mol. The van der Waals surface area contributed by atoms with E-state index in [1.54, 1.807) is 24.3 Å². The third-order valence-electron chi connectivity index (χ3n) is 3.74. The second kappa shape index (κ2) is 9.03. The van der Waals surface area contributed by atoms with Gasteiger partial charge >= 0.3 is 12.1 Å². The number of carbonyl (C=O) groups excluding carboxylic acids is 3. The van der Waals surface area contributed by atoms with Crippen molar-refractivity contribution >= 4 is 39.3 Å². The maximum atomic E-state index is 12.2. The number of ether oxygens (including phenoxy) is 1. The van der Waals surface area contributed by atoms with Gasteiger partial charge in [0.25, 0.3) is 11.7 Å². The van der Waals surface area contributed by atoms with Gasteiger partial charge < -0.3 is 15.0 Å². The maximum Gasteiger partial charge on any atom is 0.454 e. The van der Waals surface area contributed by atoms with Crippen LogP contribution in [0.15, 0.2) is 41.0 Å². The molecule has 1 fully saturated rings. The number of amides is 1. The van der Waals surface area contributed by atoms with Gasteiger partial charge in [-0.15, -0.1) is 0 Å². The summed E-state index contributed by atoms with van der Waals surface area (Å²) in [5.41, 5.74) is 0.523. The van der Waals surface area contributed by atoms with Crippen molar-refractivity contribution < 1.29 is 32.3 Å². The number of carbonyl (C=O) groups is 3. The topological polar surface area (TPSA) is 75.7 Å². The SMILES string of the molecule is O=C(COC(=O)[C@H]1CCCN1/C=C/C(=O)C(F)(F)F)Nc1ccc(Br)cc1. The highest BCUT2D eigenvalue weighted by molar-refractivity contribution is 9.10. The molecule has 1 amide bonds. The number of likely N-dealkylation sites (tertiary alicyclic amines) is 1. The summed E-state index contributed by atoms with van der Waals surface area (Å²) in [6, 6.07) is 5.94. The van der Waals surface area contributed by atoms with Crippen LogP contribution in [0.3, 0.4) is 0 Å². The van der Waals surface area contributed by atoms with Crippen LogP contribution >= 0.6 is 15.9 Å². The smallest absolute Gasteiger partial charge is 0.454 e. The Morgan fingerprint density at radius 3 is 2.56 bits per heavy atom. The van der Waals surface area contributed by atoms with E-state index in [1.165, 1.54) is 4.90 Å². The van der Waals surface area contributed by atoms with Gasteiger partial charge in [-0.05, 0) is 37.1 Å². The fraction of sp³-hybridized carbons (Fsp3) is 0.353. The zero-order valence-electron chi connectivity index (χ0n) is 14.0. The van der Waals surface area contributed by atoms with E-state index >= 15 is 0 Å². The molecule has 0 spiro atoms. The lowest BCUT2D eigenvalue weighted by atomic mass is 10.2. The summed E-state index contributed by atoms with van der Waals surface area (Å²) in [4.78, 5) is 36.1. The number of esters is 1. The quantitative estimate of drug-likeness (QED) is 0.534. The number of halogens is 4. The molecule has 1 heterocycles. The number of hydrogen-bond donors (Lipinski definition) is 1. The summed E-state index contributed by atoms with van der Waals surface area (Å²) in [6.45, 7) is -0.211. The van der Waals surface area contributed by atoms with Gasteiger partial charge in [0.05, 0.1) is 0 Å². The Labute approximate surface area is 161 Å². The molecule has 6 nitrogen and oxygen atoms in total. The van der Waals surface area contributed by atoms with Crippen molar-refractivity contribution in [2.75, 3.05) is 18.5 Å². The van der Waals surface area contributed by atoms with Crippen molar-refractivity contribution in [3.05, 3.63) is 41.0 Å². The number of benzene rings is 1. The highest BCUT2D eigenvalue weighted by Crippen LogP contribution is 2.21. The normalized spacial score (nSPS) is 17.2. The van der Waals surface area contributed by atoms with Crippen LogP contribution in [0.4, 0.5) is 18.9 Å². The largest absolute Gasteiger partial charge is 0.454 e. The van der Waals surface area contributed by atoms with Gasteiger partial charge in [0.2, 0.25) is 0 Å². The minimum atomic E-state index is -4.96. The van der Waals surface area contributed by atoms with E-state index < -0.39 is 36.5 Å². The number of rotatable bonds is 6. The Morgan fingerprint density at radius 1 is 1.26 bits per heavy atom. The number of alkyl halides is 3. The predicted molar refractivity (Wildman–Crippen MR) is 93.7 cm³/mol. The third kappa shape index (κ3) is 6.38. The predicted octanol–water partition coefficient (Wildman–Crippen LogP) is 3.04. The second-order valence-electron chi connectivity index (χ2n) is 5.74. The molecule has 0 aromatic heterocycles. The van der Waals surface area contributed by atoms with E-state index in [0.29, 0.717) is 31.1 Å². The third-order valence-corrected chi connectivity index (χ3v) is 4.27. The van der Waals surface area contributed by atoms with Crippen molar-refractivity contribution in [1.29, 1.82) is 0 Å². The summed E-state index contributed by atoms with van der Waals surface area (Å²) >= 11 is 3.26. The molecule has 0 radical (unpaired) electrons. The fourth-order valence-electron chi connectivity index (χ4n) is 2.44. The lowest BCUT2D eigenvalue weighted by molar-refractivity contribution is -0.165. The molecular formula is C17H16BrF3N2O4. The Kier molecular flexibility index (Phi) is 7.00. The molecule has 2 rings (SSSR count). The molecule has 1 N–H and O–H groups in total. The van der Waals surface area contributed by atoms with Crippen LogP contribution in [0.25, 0.3) is 0 Å². The molecule has 1 atom stereocenters. The van der Waals surface area contributed by atoms with Crippen LogP contribution in [0.1, 0.15) is 12.8 Å². The van der Waals surface area contributed by atoms with Gasteiger partial charge in [-0.25, -0.2) is 4.79 Å². The summed E-state index contributed by atoms with van der Waals surface area (Å²) in [5, 5.41) is 2.55. The molecule has 0 bridgehead atoms. The van der Waals surface area contributed by atoms with Gasteiger partial charge in [-0.3, -0.25) is 9.59 Å². The zero-order chi connectivity index (χ0) is 20.0. The van der Waals surface area contributed by atoms with Crippen LogP contribution in [-0.4, -0.2) is 47.9 Å². The van der Waals surface area contributed by atoms with E-state index in [4.69, 9.17) is 4.74 Å². The van der Waals surface area contributed by atoms with Crippen molar-refractivity contribution in [3.8, 4) is 0 Å². The Morgan fingerprint density at radius 2 is 1.93 bits per heavy atom. The highest BCUT2D eigenvalue weighted by Gasteiger charge is 2.37. The number of allylic oxidation sites excluding steroid dienone is 1. The summed E-state index contributed by atoms with van der Waals surface area (Å²) in [5.74, 6) is -3.28. The van der Waals surface area contributed by atoms with Crippen molar-refractivity contribution in [2.24, 2.45) is 0 Å². The summed E-state index contributed by atoms with van der Waals surface area (Å²) in [6.07, 6.45) is -2.73. The van der Waals surface area contributed by atoms with Crippen LogP contribution in [0, 0.1) is 0 Å². The average Bonchev–Trinajstić information content (AvgIpc) is 3.07. The monoisotopic (exact) mass is 448 g/mol. The minimum absolute atomic E-state index is 0.312. The zero-order valence-corrected chi connectivity index (χ0v) is 15.5. The number of hydrogen-bond acceptors (Lipinski definition) is 5. The molecule has 1 saturated heterocycles. The first kappa shape index (κ1) is 20.9. The van der Waals surface area contributed by atoms with Gasteiger partial charge in [0.15, 0.2) is 6.61 Å². The number of ketones is 1.